The van der Waals surface area contributed by atoms with Gasteiger partial charge in [-0.15, -0.1) is 22.7 Å². The van der Waals surface area contributed by atoms with Gasteiger partial charge in [0.1, 0.15) is 0 Å². The minimum Gasteiger partial charge on any atom is -0.354 e. The van der Waals surface area contributed by atoms with Crippen molar-refractivity contribution in [2.45, 2.75) is 25.7 Å². The van der Waals surface area contributed by atoms with Gasteiger partial charge in [-0.3, -0.25) is 14.9 Å². The molecule has 3 heterocycles. The van der Waals surface area contributed by atoms with E-state index in [4.69, 9.17) is 0 Å². The van der Waals surface area contributed by atoms with Crippen LogP contribution in [0.15, 0.2) is 22.9 Å². The third-order valence-electron chi connectivity index (χ3n) is 4.06. The van der Waals surface area contributed by atoms with E-state index >= 15 is 0 Å². The third-order valence-corrected chi connectivity index (χ3v) is 5.73. The van der Waals surface area contributed by atoms with Crippen LogP contribution in [0.3, 0.4) is 0 Å². The predicted molar refractivity (Wildman–Crippen MR) is 101 cm³/mol. The first-order chi connectivity index (χ1) is 12.2. The molecule has 2 N–H and O–H groups in total. The van der Waals surface area contributed by atoms with Gasteiger partial charge < -0.3 is 10.2 Å². The number of hydrogen-bond donors (Lipinski definition) is 2. The zero-order valence-electron chi connectivity index (χ0n) is 14.0. The van der Waals surface area contributed by atoms with Crippen molar-refractivity contribution in [2.75, 3.05) is 31.5 Å². The van der Waals surface area contributed by atoms with Crippen molar-refractivity contribution in [1.82, 2.24) is 15.2 Å². The summed E-state index contributed by atoms with van der Waals surface area (Å²) in [7, 11) is 0. The molecule has 0 bridgehead atoms. The minimum atomic E-state index is -0.165. The zero-order chi connectivity index (χ0) is 17.5. The van der Waals surface area contributed by atoms with E-state index in [1.54, 1.807) is 6.07 Å². The van der Waals surface area contributed by atoms with Crippen molar-refractivity contribution in [3.05, 3.63) is 33.5 Å². The molecule has 0 radical (unpaired) electrons. The number of likely N-dealkylation sites (tertiary alicyclic amines) is 1. The number of thiophene rings is 1. The van der Waals surface area contributed by atoms with E-state index in [1.165, 1.54) is 41.9 Å². The summed E-state index contributed by atoms with van der Waals surface area (Å²) in [6, 6.07) is 3.60. The maximum Gasteiger partial charge on any atom is 0.267 e. The Morgan fingerprint density at radius 2 is 2.04 bits per heavy atom. The molecule has 0 aliphatic carbocycles. The maximum absolute atomic E-state index is 12.0. The van der Waals surface area contributed by atoms with E-state index in [0.29, 0.717) is 22.2 Å². The van der Waals surface area contributed by atoms with Gasteiger partial charge in [0, 0.05) is 18.5 Å². The number of nitrogens with zero attached hydrogens (tertiary/aromatic N) is 2. The summed E-state index contributed by atoms with van der Waals surface area (Å²) in [5.74, 6) is -0.194. The van der Waals surface area contributed by atoms with Gasteiger partial charge in [-0.05, 0) is 37.4 Å². The van der Waals surface area contributed by atoms with Gasteiger partial charge >= 0.3 is 0 Å². The lowest BCUT2D eigenvalue weighted by molar-refractivity contribution is -0.120. The summed E-state index contributed by atoms with van der Waals surface area (Å²) in [5.41, 5.74) is 0.682. The predicted octanol–water partition coefficient (Wildman–Crippen LogP) is 2.60. The summed E-state index contributed by atoms with van der Waals surface area (Å²) in [5, 5.41) is 9.91. The second kappa shape index (κ2) is 9.07. The van der Waals surface area contributed by atoms with Gasteiger partial charge in [0.05, 0.1) is 17.0 Å². The van der Waals surface area contributed by atoms with E-state index in [0.717, 1.165) is 19.6 Å². The number of amides is 2. The van der Waals surface area contributed by atoms with Crippen LogP contribution in [0, 0.1) is 0 Å². The van der Waals surface area contributed by atoms with Crippen molar-refractivity contribution in [3.8, 4) is 0 Å². The Morgan fingerprint density at radius 3 is 2.80 bits per heavy atom. The molecule has 2 amide bonds. The Bertz CT molecular complexity index is 693. The fourth-order valence-corrected chi connectivity index (χ4v) is 4.10. The number of piperidine rings is 1. The number of carbonyl (C=O) groups excluding carboxylic acids is 2. The molecule has 3 rings (SSSR count). The Morgan fingerprint density at radius 1 is 1.20 bits per heavy atom. The van der Waals surface area contributed by atoms with Gasteiger partial charge in [-0.25, -0.2) is 4.98 Å². The second-order valence-corrected chi connectivity index (χ2v) is 7.81. The van der Waals surface area contributed by atoms with Crippen LogP contribution in [-0.2, 0) is 11.2 Å². The molecule has 25 heavy (non-hydrogen) atoms. The summed E-state index contributed by atoms with van der Waals surface area (Å²) in [6.07, 6.45) is 4.07. The SMILES string of the molecule is O=C(Cc1csc(NC(=O)c2cccs2)n1)NCCN1CCCCC1. The molecule has 0 atom stereocenters. The fraction of sp³-hybridized carbons (Fsp3) is 0.471. The van der Waals surface area contributed by atoms with Crippen LogP contribution in [0.4, 0.5) is 5.13 Å². The van der Waals surface area contributed by atoms with E-state index in [-0.39, 0.29) is 18.2 Å². The highest BCUT2D eigenvalue weighted by atomic mass is 32.1. The maximum atomic E-state index is 12.0. The number of rotatable bonds is 7. The van der Waals surface area contributed by atoms with Gasteiger partial charge in [0.25, 0.3) is 5.91 Å². The third kappa shape index (κ3) is 5.62. The zero-order valence-corrected chi connectivity index (χ0v) is 15.6. The average molecular weight is 379 g/mol. The monoisotopic (exact) mass is 378 g/mol. The first-order valence-electron chi connectivity index (χ1n) is 8.49. The first kappa shape index (κ1) is 18.0. The fourth-order valence-electron chi connectivity index (χ4n) is 2.78. The van der Waals surface area contributed by atoms with Crippen LogP contribution in [0.2, 0.25) is 0 Å². The molecule has 0 aromatic carbocycles. The molecule has 2 aromatic rings. The molecule has 2 aromatic heterocycles. The van der Waals surface area contributed by atoms with Crippen molar-refractivity contribution < 1.29 is 9.59 Å². The molecule has 0 spiro atoms. The van der Waals surface area contributed by atoms with Crippen molar-refractivity contribution in [1.29, 1.82) is 0 Å². The molecule has 1 fully saturated rings. The summed E-state index contributed by atoms with van der Waals surface area (Å²) in [6.45, 7) is 3.85. The molecule has 1 aliphatic heterocycles. The van der Waals surface area contributed by atoms with Crippen LogP contribution < -0.4 is 10.6 Å². The standard InChI is InChI=1S/C17H22N4O2S2/c22-15(18-6-9-21-7-2-1-3-8-21)11-13-12-25-17(19-13)20-16(23)14-5-4-10-24-14/h4-5,10,12H,1-3,6-9,11H2,(H,18,22)(H,19,20,23). The number of aromatic nitrogens is 1. The number of anilines is 1. The second-order valence-electron chi connectivity index (χ2n) is 6.00. The Kier molecular flexibility index (Phi) is 6.55. The van der Waals surface area contributed by atoms with Crippen molar-refractivity contribution >= 4 is 39.6 Å². The molecule has 0 saturated carbocycles. The van der Waals surface area contributed by atoms with Gasteiger partial charge in [0.15, 0.2) is 5.13 Å². The van der Waals surface area contributed by atoms with Crippen LogP contribution >= 0.6 is 22.7 Å². The number of thiazole rings is 1. The summed E-state index contributed by atoms with van der Waals surface area (Å²) in [4.78, 5) is 31.4. The van der Waals surface area contributed by atoms with Crippen molar-refractivity contribution in [2.24, 2.45) is 0 Å². The number of hydrogen-bond acceptors (Lipinski definition) is 6. The minimum absolute atomic E-state index is 0.0292. The quantitative estimate of drug-likeness (QED) is 0.777. The molecule has 6 nitrogen and oxygen atoms in total. The molecular weight excluding hydrogens is 356 g/mol. The molecule has 1 saturated heterocycles. The number of carbonyl (C=O) groups is 2. The van der Waals surface area contributed by atoms with Crippen molar-refractivity contribution in [3.63, 3.8) is 0 Å². The highest BCUT2D eigenvalue weighted by Gasteiger charge is 2.13. The Hall–Kier alpha value is -1.77. The largest absolute Gasteiger partial charge is 0.354 e. The topological polar surface area (TPSA) is 74.3 Å². The van der Waals surface area contributed by atoms with E-state index in [1.807, 2.05) is 16.8 Å². The normalized spacial score (nSPS) is 15.0. The van der Waals surface area contributed by atoms with E-state index in [2.05, 4.69) is 20.5 Å². The number of nitrogens with one attached hydrogen (secondary N) is 2. The Balaban J connectivity index is 1.39. The van der Waals surface area contributed by atoms with Crippen LogP contribution in [0.25, 0.3) is 0 Å². The first-order valence-corrected chi connectivity index (χ1v) is 10.2. The highest BCUT2D eigenvalue weighted by molar-refractivity contribution is 7.14. The molecule has 134 valence electrons. The molecule has 8 heteroatoms. The van der Waals surface area contributed by atoms with Gasteiger partial charge in [-0.1, -0.05) is 12.5 Å². The van der Waals surface area contributed by atoms with Gasteiger partial charge in [0.2, 0.25) is 5.91 Å². The average Bonchev–Trinajstić information content (AvgIpc) is 3.28. The molecule has 1 aliphatic rings. The molecule has 0 unspecified atom stereocenters. The van der Waals surface area contributed by atoms with Crippen LogP contribution in [-0.4, -0.2) is 47.9 Å². The van der Waals surface area contributed by atoms with Gasteiger partial charge in [-0.2, -0.15) is 0 Å². The Labute approximate surface area is 155 Å². The summed E-state index contributed by atoms with van der Waals surface area (Å²) >= 11 is 2.72. The summed E-state index contributed by atoms with van der Waals surface area (Å²) < 4.78 is 0. The lowest BCUT2D eigenvalue weighted by Gasteiger charge is -2.26. The lowest BCUT2D eigenvalue weighted by Crippen LogP contribution is -2.38. The van der Waals surface area contributed by atoms with E-state index < -0.39 is 0 Å². The lowest BCUT2D eigenvalue weighted by atomic mass is 10.1. The van der Waals surface area contributed by atoms with Crippen LogP contribution in [0.5, 0.6) is 0 Å². The van der Waals surface area contributed by atoms with E-state index in [9.17, 15) is 9.59 Å². The van der Waals surface area contributed by atoms with Crippen LogP contribution in [0.1, 0.15) is 34.6 Å². The smallest absolute Gasteiger partial charge is 0.267 e. The highest BCUT2D eigenvalue weighted by Crippen LogP contribution is 2.18. The molecular formula is C17H22N4O2S2.